The zero-order valence-corrected chi connectivity index (χ0v) is 10.8. The van der Waals surface area contributed by atoms with Gasteiger partial charge in [0, 0.05) is 19.2 Å². The summed E-state index contributed by atoms with van der Waals surface area (Å²) in [6.07, 6.45) is 4.15. The molecule has 1 amide bonds. The summed E-state index contributed by atoms with van der Waals surface area (Å²) in [6.45, 7) is 2.84. The Morgan fingerprint density at radius 2 is 2.05 bits per heavy atom. The number of rotatable bonds is 3. The van der Waals surface area contributed by atoms with Gasteiger partial charge in [0.2, 0.25) is 5.91 Å². The Balaban J connectivity index is 1.88. The van der Waals surface area contributed by atoms with Crippen molar-refractivity contribution in [2.75, 3.05) is 13.1 Å². The SMILES string of the molecule is Cc1ccc(/C=C/C(=O)N2CCC(C(=O)O)CC2)o1. The number of carbonyl (C=O) groups is 2. The van der Waals surface area contributed by atoms with Gasteiger partial charge in [-0.05, 0) is 38.0 Å². The standard InChI is InChI=1S/C14H17NO4/c1-10-2-3-12(19-10)4-5-13(16)15-8-6-11(7-9-15)14(17)18/h2-5,11H,6-9H2,1H3,(H,17,18)/b5-4+. The molecule has 0 radical (unpaired) electrons. The van der Waals surface area contributed by atoms with Gasteiger partial charge < -0.3 is 14.4 Å². The first-order valence-corrected chi connectivity index (χ1v) is 6.32. The number of aliphatic carboxylic acids is 1. The lowest BCUT2D eigenvalue weighted by Gasteiger charge is -2.29. The van der Waals surface area contributed by atoms with Crippen molar-refractivity contribution in [1.82, 2.24) is 4.90 Å². The predicted molar refractivity (Wildman–Crippen MR) is 69.4 cm³/mol. The number of carboxylic acids is 1. The van der Waals surface area contributed by atoms with Crippen LogP contribution in [0.15, 0.2) is 22.6 Å². The molecular formula is C14H17NO4. The van der Waals surface area contributed by atoms with Gasteiger partial charge in [0.05, 0.1) is 5.92 Å². The molecule has 0 unspecified atom stereocenters. The maximum atomic E-state index is 11.9. The fourth-order valence-corrected chi connectivity index (χ4v) is 2.15. The minimum atomic E-state index is -0.770. The molecule has 102 valence electrons. The average molecular weight is 263 g/mol. The zero-order valence-electron chi connectivity index (χ0n) is 10.8. The number of hydrogen-bond acceptors (Lipinski definition) is 3. The molecular weight excluding hydrogens is 246 g/mol. The quantitative estimate of drug-likeness (QED) is 0.846. The lowest BCUT2D eigenvalue weighted by Crippen LogP contribution is -2.39. The van der Waals surface area contributed by atoms with Gasteiger partial charge in [-0.2, -0.15) is 0 Å². The van der Waals surface area contributed by atoms with E-state index in [-0.39, 0.29) is 11.8 Å². The summed E-state index contributed by atoms with van der Waals surface area (Å²) in [7, 11) is 0. The number of hydrogen-bond donors (Lipinski definition) is 1. The summed E-state index contributed by atoms with van der Waals surface area (Å²) in [5.74, 6) is 0.257. The molecule has 5 heteroatoms. The van der Waals surface area contributed by atoms with Crippen LogP contribution in [0.1, 0.15) is 24.4 Å². The molecule has 0 aliphatic carbocycles. The summed E-state index contributed by atoms with van der Waals surface area (Å²) in [6, 6.07) is 3.64. The molecule has 0 atom stereocenters. The Labute approximate surface area is 111 Å². The Bertz CT molecular complexity index is 495. The molecule has 1 aliphatic rings. The van der Waals surface area contributed by atoms with Crippen LogP contribution in [-0.4, -0.2) is 35.0 Å². The molecule has 5 nitrogen and oxygen atoms in total. The van der Waals surface area contributed by atoms with Gasteiger partial charge in [0.1, 0.15) is 11.5 Å². The van der Waals surface area contributed by atoms with Crippen molar-refractivity contribution in [3.63, 3.8) is 0 Å². The number of likely N-dealkylation sites (tertiary alicyclic amines) is 1. The molecule has 1 saturated heterocycles. The molecule has 2 heterocycles. The lowest BCUT2D eigenvalue weighted by molar-refractivity contribution is -0.144. The first-order chi connectivity index (χ1) is 9.06. The van der Waals surface area contributed by atoms with Crippen LogP contribution in [0.25, 0.3) is 6.08 Å². The number of carboxylic acid groups (broad SMARTS) is 1. The second-order valence-electron chi connectivity index (χ2n) is 4.72. The van der Waals surface area contributed by atoms with Gasteiger partial charge in [-0.3, -0.25) is 9.59 Å². The van der Waals surface area contributed by atoms with Gasteiger partial charge in [-0.15, -0.1) is 0 Å². The largest absolute Gasteiger partial charge is 0.481 e. The summed E-state index contributed by atoms with van der Waals surface area (Å²) in [5.41, 5.74) is 0. The van der Waals surface area contributed by atoms with E-state index < -0.39 is 5.97 Å². The average Bonchev–Trinajstić information content (AvgIpc) is 2.82. The van der Waals surface area contributed by atoms with Crippen molar-refractivity contribution in [1.29, 1.82) is 0 Å². The van der Waals surface area contributed by atoms with Crippen molar-refractivity contribution in [3.05, 3.63) is 29.7 Å². The van der Waals surface area contributed by atoms with Gasteiger partial charge in [0.15, 0.2) is 0 Å². The third kappa shape index (κ3) is 3.47. The topological polar surface area (TPSA) is 70.8 Å². The molecule has 19 heavy (non-hydrogen) atoms. The fourth-order valence-electron chi connectivity index (χ4n) is 2.15. The molecule has 1 fully saturated rings. The van der Waals surface area contributed by atoms with E-state index >= 15 is 0 Å². The highest BCUT2D eigenvalue weighted by molar-refractivity contribution is 5.91. The van der Waals surface area contributed by atoms with E-state index in [9.17, 15) is 9.59 Å². The highest BCUT2D eigenvalue weighted by Gasteiger charge is 2.25. The molecule has 0 spiro atoms. The van der Waals surface area contributed by atoms with Gasteiger partial charge in [-0.1, -0.05) is 0 Å². The van der Waals surface area contributed by atoms with Gasteiger partial charge >= 0.3 is 5.97 Å². The molecule has 1 aromatic heterocycles. The van der Waals surface area contributed by atoms with Crippen LogP contribution in [0.3, 0.4) is 0 Å². The van der Waals surface area contributed by atoms with Crippen molar-refractivity contribution in [3.8, 4) is 0 Å². The normalized spacial score (nSPS) is 17.0. The van der Waals surface area contributed by atoms with E-state index in [4.69, 9.17) is 9.52 Å². The van der Waals surface area contributed by atoms with E-state index in [2.05, 4.69) is 0 Å². The maximum absolute atomic E-state index is 11.9. The molecule has 1 N–H and O–H groups in total. The zero-order chi connectivity index (χ0) is 13.8. The Morgan fingerprint density at radius 1 is 1.37 bits per heavy atom. The summed E-state index contributed by atoms with van der Waals surface area (Å²) >= 11 is 0. The second-order valence-corrected chi connectivity index (χ2v) is 4.72. The molecule has 0 aromatic carbocycles. The summed E-state index contributed by atoms with van der Waals surface area (Å²) in [5, 5.41) is 8.89. The number of piperidine rings is 1. The minimum absolute atomic E-state index is 0.0992. The molecule has 0 bridgehead atoms. The molecule has 2 rings (SSSR count). The smallest absolute Gasteiger partial charge is 0.306 e. The molecule has 1 aliphatic heterocycles. The van der Waals surface area contributed by atoms with Crippen molar-refractivity contribution < 1.29 is 19.1 Å². The summed E-state index contributed by atoms with van der Waals surface area (Å²) < 4.78 is 5.33. The Hall–Kier alpha value is -2.04. The number of nitrogens with zero attached hydrogens (tertiary/aromatic N) is 1. The van der Waals surface area contributed by atoms with Crippen LogP contribution in [-0.2, 0) is 9.59 Å². The fraction of sp³-hybridized carbons (Fsp3) is 0.429. The van der Waals surface area contributed by atoms with Crippen molar-refractivity contribution >= 4 is 18.0 Å². The summed E-state index contributed by atoms with van der Waals surface area (Å²) in [4.78, 5) is 24.4. The maximum Gasteiger partial charge on any atom is 0.306 e. The Morgan fingerprint density at radius 3 is 2.58 bits per heavy atom. The third-order valence-corrected chi connectivity index (χ3v) is 3.31. The van der Waals surface area contributed by atoms with E-state index in [1.54, 1.807) is 17.0 Å². The molecule has 1 aromatic rings. The number of amides is 1. The second kappa shape index (κ2) is 5.73. The minimum Gasteiger partial charge on any atom is -0.481 e. The highest BCUT2D eigenvalue weighted by atomic mass is 16.4. The van der Waals surface area contributed by atoms with E-state index in [0.717, 1.165) is 5.76 Å². The van der Waals surface area contributed by atoms with Crippen LogP contribution in [0, 0.1) is 12.8 Å². The van der Waals surface area contributed by atoms with Crippen LogP contribution < -0.4 is 0 Å². The Kier molecular flexibility index (Phi) is 4.04. The van der Waals surface area contributed by atoms with Crippen molar-refractivity contribution in [2.24, 2.45) is 5.92 Å². The van der Waals surface area contributed by atoms with Gasteiger partial charge in [0.25, 0.3) is 0 Å². The number of furan rings is 1. The number of aryl methyl sites for hydroxylation is 1. The first-order valence-electron chi connectivity index (χ1n) is 6.32. The number of carbonyl (C=O) groups excluding carboxylic acids is 1. The molecule has 0 saturated carbocycles. The van der Waals surface area contributed by atoms with Crippen LogP contribution in [0.5, 0.6) is 0 Å². The first kappa shape index (κ1) is 13.4. The monoisotopic (exact) mass is 263 g/mol. The van der Waals surface area contributed by atoms with E-state index in [1.165, 1.54) is 6.08 Å². The van der Waals surface area contributed by atoms with E-state index in [1.807, 2.05) is 13.0 Å². The lowest BCUT2D eigenvalue weighted by atomic mass is 9.97. The van der Waals surface area contributed by atoms with Crippen molar-refractivity contribution in [2.45, 2.75) is 19.8 Å². The predicted octanol–water partition coefficient (Wildman–Crippen LogP) is 1.92. The highest BCUT2D eigenvalue weighted by Crippen LogP contribution is 2.17. The van der Waals surface area contributed by atoms with E-state index in [0.29, 0.717) is 31.7 Å². The van der Waals surface area contributed by atoms with Crippen LogP contribution >= 0.6 is 0 Å². The van der Waals surface area contributed by atoms with Crippen LogP contribution in [0.2, 0.25) is 0 Å². The third-order valence-electron chi connectivity index (χ3n) is 3.31. The van der Waals surface area contributed by atoms with Gasteiger partial charge in [-0.25, -0.2) is 0 Å². The van der Waals surface area contributed by atoms with Crippen LogP contribution in [0.4, 0.5) is 0 Å².